The van der Waals surface area contributed by atoms with Crippen LogP contribution >= 0.6 is 11.6 Å². The highest BCUT2D eigenvalue weighted by Crippen LogP contribution is 2.26. The monoisotopic (exact) mass is 307 g/mol. The molecule has 2 amide bonds. The highest BCUT2D eigenvalue weighted by molar-refractivity contribution is 6.32. The van der Waals surface area contributed by atoms with Gasteiger partial charge < -0.3 is 5.73 Å². The van der Waals surface area contributed by atoms with Crippen molar-refractivity contribution in [3.63, 3.8) is 0 Å². The second-order valence-corrected chi connectivity index (χ2v) is 4.78. The van der Waals surface area contributed by atoms with Crippen LogP contribution in [0.15, 0.2) is 29.1 Å². The van der Waals surface area contributed by atoms with Gasteiger partial charge in [-0.25, -0.2) is 4.39 Å². The van der Waals surface area contributed by atoms with E-state index in [-0.39, 0.29) is 27.7 Å². The van der Waals surface area contributed by atoms with Crippen LogP contribution in [-0.2, 0) is 0 Å². The summed E-state index contributed by atoms with van der Waals surface area (Å²) in [6.07, 6.45) is 0. The zero-order chi connectivity index (χ0) is 15.3. The van der Waals surface area contributed by atoms with Crippen molar-refractivity contribution in [2.75, 3.05) is 5.73 Å². The number of hydrogen-bond acceptors (Lipinski definition) is 4. The van der Waals surface area contributed by atoms with Crippen LogP contribution < -0.4 is 16.6 Å². The Morgan fingerprint density at radius 2 is 1.86 bits per heavy atom. The third-order valence-corrected chi connectivity index (χ3v) is 3.42. The standard InChI is InChI=1S/C13H7ClFN3O3/c14-7-2-1-5(15)3-8(7)18-9(19)4-6-10(11(18)16)13(21)17-12(6)20/h1-4H,16H2,(H,17,20,21). The van der Waals surface area contributed by atoms with Gasteiger partial charge in [-0.3, -0.25) is 24.3 Å². The Kier molecular flexibility index (Phi) is 2.80. The molecule has 8 heteroatoms. The first-order valence-corrected chi connectivity index (χ1v) is 6.14. The van der Waals surface area contributed by atoms with Crippen molar-refractivity contribution in [3.8, 4) is 5.69 Å². The number of hydrogen-bond donors (Lipinski definition) is 2. The molecule has 0 aliphatic carbocycles. The van der Waals surface area contributed by atoms with Crippen molar-refractivity contribution in [1.82, 2.24) is 9.88 Å². The van der Waals surface area contributed by atoms with E-state index in [1.807, 2.05) is 5.32 Å². The number of carbonyl (C=O) groups is 2. The molecule has 3 N–H and O–H groups in total. The molecule has 0 bridgehead atoms. The number of nitrogens with zero attached hydrogens (tertiary/aromatic N) is 1. The lowest BCUT2D eigenvalue weighted by molar-refractivity contribution is 0.0880. The molecule has 0 spiro atoms. The maximum atomic E-state index is 13.4. The number of nitrogen functional groups attached to an aromatic ring is 1. The van der Waals surface area contributed by atoms with Gasteiger partial charge in [0.2, 0.25) is 0 Å². The summed E-state index contributed by atoms with van der Waals surface area (Å²) in [5.74, 6) is -2.31. The Labute approximate surface area is 121 Å². The van der Waals surface area contributed by atoms with Crippen LogP contribution in [0.25, 0.3) is 5.69 Å². The van der Waals surface area contributed by atoms with Crippen molar-refractivity contribution >= 4 is 29.2 Å². The van der Waals surface area contributed by atoms with Crippen LogP contribution in [-0.4, -0.2) is 16.4 Å². The highest BCUT2D eigenvalue weighted by atomic mass is 35.5. The minimum Gasteiger partial charge on any atom is -0.384 e. The molecule has 0 saturated heterocycles. The summed E-state index contributed by atoms with van der Waals surface area (Å²) >= 11 is 5.94. The molecule has 21 heavy (non-hydrogen) atoms. The number of imide groups is 1. The summed E-state index contributed by atoms with van der Waals surface area (Å²) in [5, 5.41) is 2.12. The molecule has 1 aromatic heterocycles. The number of nitrogens with one attached hydrogen (secondary N) is 1. The summed E-state index contributed by atoms with van der Waals surface area (Å²) in [5.41, 5.74) is 4.88. The van der Waals surface area contributed by atoms with Crippen LogP contribution in [0.1, 0.15) is 20.7 Å². The summed E-state index contributed by atoms with van der Waals surface area (Å²) < 4.78 is 14.3. The normalized spacial score (nSPS) is 13.2. The number of fused-ring (bicyclic) bond motifs is 1. The highest BCUT2D eigenvalue weighted by Gasteiger charge is 2.32. The second-order valence-electron chi connectivity index (χ2n) is 4.37. The molecular formula is C13H7ClFN3O3. The second kappa shape index (κ2) is 4.42. The number of anilines is 1. The number of halogens is 2. The number of aromatic nitrogens is 1. The van der Waals surface area contributed by atoms with Crippen molar-refractivity contribution in [2.45, 2.75) is 0 Å². The molecule has 1 aromatic carbocycles. The SMILES string of the molecule is Nc1c2c(cc(=O)n1-c1cc(F)ccc1Cl)C(=O)NC2=O. The van der Waals surface area contributed by atoms with Gasteiger partial charge in [0.05, 0.1) is 21.8 Å². The minimum absolute atomic E-state index is 0.00545. The molecule has 1 aliphatic heterocycles. The largest absolute Gasteiger partial charge is 0.384 e. The molecule has 0 atom stereocenters. The Morgan fingerprint density at radius 1 is 1.14 bits per heavy atom. The van der Waals surface area contributed by atoms with Gasteiger partial charge in [0.25, 0.3) is 17.4 Å². The first kappa shape index (κ1) is 13.3. The van der Waals surface area contributed by atoms with Gasteiger partial charge in [-0.2, -0.15) is 0 Å². The average Bonchev–Trinajstić information content (AvgIpc) is 2.68. The number of nitrogens with two attached hydrogens (primary N) is 1. The number of pyridine rings is 1. The summed E-state index contributed by atoms with van der Waals surface area (Å²) in [4.78, 5) is 35.4. The predicted octanol–water partition coefficient (Wildman–Crippen LogP) is 1.10. The molecule has 0 radical (unpaired) electrons. The molecule has 6 nitrogen and oxygen atoms in total. The molecule has 0 unspecified atom stereocenters. The maximum Gasteiger partial charge on any atom is 0.262 e. The number of amides is 2. The molecule has 2 aromatic rings. The fraction of sp³-hybridized carbons (Fsp3) is 0. The zero-order valence-corrected chi connectivity index (χ0v) is 11.1. The van der Waals surface area contributed by atoms with Gasteiger partial charge in [0.15, 0.2) is 0 Å². The maximum absolute atomic E-state index is 13.4. The predicted molar refractivity (Wildman–Crippen MR) is 73.2 cm³/mol. The van der Waals surface area contributed by atoms with Crippen molar-refractivity contribution < 1.29 is 14.0 Å². The van der Waals surface area contributed by atoms with E-state index in [2.05, 4.69) is 0 Å². The lowest BCUT2D eigenvalue weighted by atomic mass is 10.1. The van der Waals surface area contributed by atoms with Crippen LogP contribution in [0, 0.1) is 5.82 Å². The Balaban J connectivity index is 2.38. The zero-order valence-electron chi connectivity index (χ0n) is 10.3. The van der Waals surface area contributed by atoms with Crippen LogP contribution in [0.4, 0.5) is 10.2 Å². The third-order valence-electron chi connectivity index (χ3n) is 3.10. The van der Waals surface area contributed by atoms with Gasteiger partial charge >= 0.3 is 0 Å². The number of benzene rings is 1. The van der Waals surface area contributed by atoms with E-state index in [0.717, 1.165) is 22.8 Å². The summed E-state index contributed by atoms with van der Waals surface area (Å²) in [6.45, 7) is 0. The average molecular weight is 308 g/mol. The molecule has 3 rings (SSSR count). The Hall–Kier alpha value is -2.67. The first-order valence-electron chi connectivity index (χ1n) is 5.77. The van der Waals surface area contributed by atoms with Crippen molar-refractivity contribution in [2.24, 2.45) is 0 Å². The smallest absolute Gasteiger partial charge is 0.262 e. The van der Waals surface area contributed by atoms with Gasteiger partial charge in [-0.1, -0.05) is 11.6 Å². The Morgan fingerprint density at radius 3 is 2.57 bits per heavy atom. The van der Waals surface area contributed by atoms with E-state index >= 15 is 0 Å². The van der Waals surface area contributed by atoms with Crippen molar-refractivity contribution in [1.29, 1.82) is 0 Å². The van der Waals surface area contributed by atoms with E-state index in [0.29, 0.717) is 0 Å². The van der Waals surface area contributed by atoms with E-state index in [9.17, 15) is 18.8 Å². The molecule has 0 fully saturated rings. The lowest BCUT2D eigenvalue weighted by Gasteiger charge is -2.13. The van der Waals surface area contributed by atoms with Crippen LogP contribution in [0.5, 0.6) is 0 Å². The number of rotatable bonds is 1. The molecule has 1 aliphatic rings. The van der Waals surface area contributed by atoms with Crippen LogP contribution in [0.2, 0.25) is 5.02 Å². The van der Waals surface area contributed by atoms with E-state index in [1.54, 1.807) is 0 Å². The van der Waals surface area contributed by atoms with E-state index in [1.165, 1.54) is 6.07 Å². The quantitative estimate of drug-likeness (QED) is 0.771. The lowest BCUT2D eigenvalue weighted by Crippen LogP contribution is -2.24. The van der Waals surface area contributed by atoms with E-state index in [4.69, 9.17) is 17.3 Å². The molecule has 106 valence electrons. The fourth-order valence-electron chi connectivity index (χ4n) is 2.19. The number of carbonyl (C=O) groups excluding carboxylic acids is 2. The molecule has 2 heterocycles. The molecular weight excluding hydrogens is 301 g/mol. The van der Waals surface area contributed by atoms with Crippen LogP contribution in [0.3, 0.4) is 0 Å². The van der Waals surface area contributed by atoms with Gasteiger partial charge in [0, 0.05) is 6.07 Å². The minimum atomic E-state index is -0.714. The topological polar surface area (TPSA) is 94.2 Å². The summed E-state index contributed by atoms with van der Waals surface area (Å²) in [6, 6.07) is 4.36. The molecule has 0 saturated carbocycles. The van der Waals surface area contributed by atoms with Crippen molar-refractivity contribution in [3.05, 3.63) is 56.6 Å². The van der Waals surface area contributed by atoms with Gasteiger partial charge in [-0.15, -0.1) is 0 Å². The van der Waals surface area contributed by atoms with Gasteiger partial charge in [0.1, 0.15) is 11.6 Å². The van der Waals surface area contributed by atoms with Gasteiger partial charge in [-0.05, 0) is 18.2 Å². The first-order chi connectivity index (χ1) is 9.90. The Bertz CT molecular complexity index is 876. The van der Waals surface area contributed by atoms with E-state index < -0.39 is 23.2 Å². The summed E-state index contributed by atoms with van der Waals surface area (Å²) in [7, 11) is 0. The third kappa shape index (κ3) is 1.90. The fourth-order valence-corrected chi connectivity index (χ4v) is 2.39.